The van der Waals surface area contributed by atoms with E-state index in [0.717, 1.165) is 0 Å². The van der Waals surface area contributed by atoms with Crippen molar-refractivity contribution in [2.24, 2.45) is 0 Å². The van der Waals surface area contributed by atoms with Crippen molar-refractivity contribution in [1.82, 2.24) is 0 Å². The highest BCUT2D eigenvalue weighted by molar-refractivity contribution is 5.95. The van der Waals surface area contributed by atoms with Crippen molar-refractivity contribution in [2.75, 3.05) is 0 Å². The van der Waals surface area contributed by atoms with Crippen LogP contribution >= 0.6 is 0 Å². The molecule has 0 unspecified atom stereocenters. The standard InChI is InChI=1S/C16H12O3/c17-14-10-15(19-11-6-2-1-3-7-11)16(18)13-9-5-4-8-12(13)14/h1-10,17-18H. The van der Waals surface area contributed by atoms with E-state index in [4.69, 9.17) is 4.74 Å². The van der Waals surface area contributed by atoms with E-state index in [0.29, 0.717) is 16.5 Å². The van der Waals surface area contributed by atoms with E-state index in [-0.39, 0.29) is 17.2 Å². The predicted octanol–water partition coefficient (Wildman–Crippen LogP) is 4.04. The van der Waals surface area contributed by atoms with Crippen molar-refractivity contribution >= 4 is 10.8 Å². The summed E-state index contributed by atoms with van der Waals surface area (Å²) in [5.41, 5.74) is 0. The van der Waals surface area contributed by atoms with Crippen LogP contribution in [0.1, 0.15) is 0 Å². The number of para-hydroxylation sites is 1. The Morgan fingerprint density at radius 3 is 2.11 bits per heavy atom. The average Bonchev–Trinajstić information content (AvgIpc) is 2.46. The van der Waals surface area contributed by atoms with Gasteiger partial charge in [0, 0.05) is 16.8 Å². The van der Waals surface area contributed by atoms with Crippen LogP contribution in [0.5, 0.6) is 23.0 Å². The van der Waals surface area contributed by atoms with Gasteiger partial charge < -0.3 is 14.9 Å². The van der Waals surface area contributed by atoms with Crippen LogP contribution in [0.4, 0.5) is 0 Å². The molecule has 0 bridgehead atoms. The Hall–Kier alpha value is -2.68. The number of ether oxygens (including phenoxy) is 1. The molecule has 0 fully saturated rings. The van der Waals surface area contributed by atoms with Crippen LogP contribution in [0.15, 0.2) is 60.7 Å². The summed E-state index contributed by atoms with van der Waals surface area (Å²) in [6.45, 7) is 0. The Morgan fingerprint density at radius 1 is 0.737 bits per heavy atom. The average molecular weight is 252 g/mol. The van der Waals surface area contributed by atoms with Crippen molar-refractivity contribution in [3.63, 3.8) is 0 Å². The van der Waals surface area contributed by atoms with E-state index in [2.05, 4.69) is 0 Å². The molecule has 0 saturated carbocycles. The van der Waals surface area contributed by atoms with Gasteiger partial charge >= 0.3 is 0 Å². The fourth-order valence-electron chi connectivity index (χ4n) is 2.01. The van der Waals surface area contributed by atoms with Gasteiger partial charge in [-0.05, 0) is 12.1 Å². The maximum absolute atomic E-state index is 10.2. The molecule has 3 aromatic rings. The molecule has 0 saturated heterocycles. The zero-order chi connectivity index (χ0) is 13.2. The van der Waals surface area contributed by atoms with Gasteiger partial charge in [0.2, 0.25) is 0 Å². The molecule has 0 radical (unpaired) electrons. The van der Waals surface area contributed by atoms with Gasteiger partial charge in [-0.15, -0.1) is 0 Å². The highest BCUT2D eigenvalue weighted by Gasteiger charge is 2.12. The van der Waals surface area contributed by atoms with E-state index < -0.39 is 0 Å². The molecule has 94 valence electrons. The van der Waals surface area contributed by atoms with Gasteiger partial charge in [0.1, 0.15) is 11.5 Å². The summed E-state index contributed by atoms with van der Waals surface area (Å²) >= 11 is 0. The summed E-state index contributed by atoms with van der Waals surface area (Å²) in [6, 6.07) is 17.6. The van der Waals surface area contributed by atoms with Gasteiger partial charge in [0.25, 0.3) is 0 Å². The van der Waals surface area contributed by atoms with Gasteiger partial charge in [0.15, 0.2) is 11.5 Å². The van der Waals surface area contributed by atoms with Crippen LogP contribution in [-0.4, -0.2) is 10.2 Å². The zero-order valence-corrected chi connectivity index (χ0v) is 10.1. The van der Waals surface area contributed by atoms with Crippen LogP contribution in [-0.2, 0) is 0 Å². The quantitative estimate of drug-likeness (QED) is 0.676. The molecule has 0 atom stereocenters. The SMILES string of the molecule is Oc1cc(Oc2ccccc2)c(O)c2ccccc12. The third-order valence-electron chi connectivity index (χ3n) is 2.93. The van der Waals surface area contributed by atoms with Crippen LogP contribution in [0.2, 0.25) is 0 Å². The highest BCUT2D eigenvalue weighted by Crippen LogP contribution is 2.41. The van der Waals surface area contributed by atoms with Gasteiger partial charge in [-0.25, -0.2) is 0 Å². The Balaban J connectivity index is 2.12. The molecule has 0 aliphatic rings. The van der Waals surface area contributed by atoms with E-state index in [9.17, 15) is 10.2 Å². The lowest BCUT2D eigenvalue weighted by Crippen LogP contribution is -1.86. The lowest BCUT2D eigenvalue weighted by molar-refractivity contribution is 0.409. The first kappa shape index (κ1) is 11.4. The molecule has 3 nitrogen and oxygen atoms in total. The first-order valence-electron chi connectivity index (χ1n) is 5.92. The fraction of sp³-hybridized carbons (Fsp3) is 0. The summed E-state index contributed by atoms with van der Waals surface area (Å²) in [7, 11) is 0. The van der Waals surface area contributed by atoms with Crippen LogP contribution in [0.25, 0.3) is 10.8 Å². The topological polar surface area (TPSA) is 49.7 Å². The minimum Gasteiger partial charge on any atom is -0.507 e. The number of phenols is 2. The molecule has 3 aromatic carbocycles. The first-order valence-corrected chi connectivity index (χ1v) is 5.92. The second-order valence-electron chi connectivity index (χ2n) is 4.20. The van der Waals surface area contributed by atoms with Crippen LogP contribution in [0, 0.1) is 0 Å². The lowest BCUT2D eigenvalue weighted by atomic mass is 10.1. The van der Waals surface area contributed by atoms with E-state index >= 15 is 0 Å². The number of benzene rings is 3. The van der Waals surface area contributed by atoms with E-state index in [1.807, 2.05) is 18.2 Å². The summed E-state index contributed by atoms with van der Waals surface area (Å²) < 4.78 is 5.59. The Kier molecular flexibility index (Phi) is 2.72. The number of aromatic hydroxyl groups is 2. The number of fused-ring (bicyclic) bond motifs is 1. The summed E-state index contributed by atoms with van der Waals surface area (Å²) in [6.07, 6.45) is 0. The van der Waals surface area contributed by atoms with Crippen LogP contribution in [0.3, 0.4) is 0 Å². The third-order valence-corrected chi connectivity index (χ3v) is 2.93. The lowest BCUT2D eigenvalue weighted by Gasteiger charge is -2.11. The number of rotatable bonds is 2. The molecule has 0 aliphatic heterocycles. The number of hydrogen-bond acceptors (Lipinski definition) is 3. The molecule has 0 heterocycles. The van der Waals surface area contributed by atoms with Crippen molar-refractivity contribution < 1.29 is 14.9 Å². The normalized spacial score (nSPS) is 10.5. The van der Waals surface area contributed by atoms with Crippen molar-refractivity contribution in [3.8, 4) is 23.0 Å². The monoisotopic (exact) mass is 252 g/mol. The maximum Gasteiger partial charge on any atom is 0.173 e. The molecule has 0 spiro atoms. The summed E-state index contributed by atoms with van der Waals surface area (Å²) in [4.78, 5) is 0. The van der Waals surface area contributed by atoms with Crippen molar-refractivity contribution in [3.05, 3.63) is 60.7 Å². The molecule has 3 rings (SSSR count). The molecule has 0 aromatic heterocycles. The number of phenolic OH excluding ortho intramolecular Hbond substituents is 2. The molecular formula is C16H12O3. The smallest absolute Gasteiger partial charge is 0.173 e. The van der Waals surface area contributed by atoms with Gasteiger partial charge in [0.05, 0.1) is 0 Å². The molecule has 0 aliphatic carbocycles. The van der Waals surface area contributed by atoms with Crippen molar-refractivity contribution in [1.29, 1.82) is 0 Å². The highest BCUT2D eigenvalue weighted by atomic mass is 16.5. The first-order chi connectivity index (χ1) is 9.25. The third kappa shape index (κ3) is 2.06. The van der Waals surface area contributed by atoms with Gasteiger partial charge in [-0.3, -0.25) is 0 Å². The Bertz CT molecular complexity index is 721. The van der Waals surface area contributed by atoms with Crippen LogP contribution < -0.4 is 4.74 Å². The Morgan fingerprint density at radius 2 is 1.37 bits per heavy atom. The predicted molar refractivity (Wildman–Crippen MR) is 73.8 cm³/mol. The molecule has 3 heteroatoms. The van der Waals surface area contributed by atoms with Gasteiger partial charge in [-0.1, -0.05) is 42.5 Å². The van der Waals surface area contributed by atoms with Gasteiger partial charge in [-0.2, -0.15) is 0 Å². The number of hydrogen-bond donors (Lipinski definition) is 2. The molecule has 19 heavy (non-hydrogen) atoms. The summed E-state index contributed by atoms with van der Waals surface area (Å²) in [5, 5.41) is 21.3. The zero-order valence-electron chi connectivity index (χ0n) is 10.1. The second kappa shape index (κ2) is 4.53. The second-order valence-corrected chi connectivity index (χ2v) is 4.20. The minimum atomic E-state index is 0.0252. The molecule has 2 N–H and O–H groups in total. The van der Waals surface area contributed by atoms with Crippen molar-refractivity contribution in [2.45, 2.75) is 0 Å². The Labute approximate surface area is 110 Å². The van der Waals surface area contributed by atoms with E-state index in [1.165, 1.54) is 6.07 Å². The summed E-state index contributed by atoms with van der Waals surface area (Å²) in [5.74, 6) is 0.950. The minimum absolute atomic E-state index is 0.0252. The maximum atomic E-state index is 10.2. The largest absolute Gasteiger partial charge is 0.507 e. The van der Waals surface area contributed by atoms with E-state index in [1.54, 1.807) is 36.4 Å². The fourth-order valence-corrected chi connectivity index (χ4v) is 2.01. The molecule has 0 amide bonds. The molecular weight excluding hydrogens is 240 g/mol.